The van der Waals surface area contributed by atoms with Crippen LogP contribution in [-0.4, -0.2) is 24.0 Å². The zero-order chi connectivity index (χ0) is 21.5. The first-order chi connectivity index (χ1) is 14.5. The van der Waals surface area contributed by atoms with Crippen molar-refractivity contribution in [2.24, 2.45) is 0 Å². The van der Waals surface area contributed by atoms with E-state index in [1.54, 1.807) is 13.0 Å². The van der Waals surface area contributed by atoms with Crippen LogP contribution in [0.15, 0.2) is 78.9 Å². The maximum Gasteiger partial charge on any atom is 0.296 e. The summed E-state index contributed by atoms with van der Waals surface area (Å²) < 4.78 is 5.03. The fourth-order valence-electron chi connectivity index (χ4n) is 3.14. The van der Waals surface area contributed by atoms with Crippen LogP contribution in [0.5, 0.6) is 5.75 Å². The molecule has 3 aromatic carbocycles. The van der Waals surface area contributed by atoms with Crippen LogP contribution in [-0.2, 0) is 4.79 Å². The topological polar surface area (TPSA) is 93.5 Å². The highest BCUT2D eigenvalue weighted by Crippen LogP contribution is 2.29. The third kappa shape index (κ3) is 5.01. The van der Waals surface area contributed by atoms with Crippen molar-refractivity contribution in [1.29, 1.82) is 0 Å². The fraction of sp³-hybridized carbons (Fsp3) is 0.174. The third-order valence-corrected chi connectivity index (χ3v) is 4.74. The number of amides is 1. The second-order valence-corrected chi connectivity index (χ2v) is 6.77. The Hall–Kier alpha value is -3.71. The molecule has 0 unspecified atom stereocenters. The van der Waals surface area contributed by atoms with Gasteiger partial charge in [0, 0.05) is 0 Å². The smallest absolute Gasteiger partial charge is 0.296 e. The maximum absolute atomic E-state index is 12.8. The summed E-state index contributed by atoms with van der Waals surface area (Å²) in [5, 5.41) is 17.4. The molecule has 7 nitrogen and oxygen atoms in total. The molecule has 0 aliphatic carbocycles. The van der Waals surface area contributed by atoms with Gasteiger partial charge in [0.05, 0.1) is 30.2 Å². The number of benzene rings is 3. The van der Waals surface area contributed by atoms with E-state index in [-0.39, 0.29) is 23.3 Å². The molecule has 154 valence electrons. The lowest BCUT2D eigenvalue weighted by Gasteiger charge is -2.24. The van der Waals surface area contributed by atoms with Crippen LogP contribution in [0.1, 0.15) is 24.1 Å². The second-order valence-electron chi connectivity index (χ2n) is 6.77. The summed E-state index contributed by atoms with van der Waals surface area (Å²) in [4.78, 5) is 23.6. The number of anilines is 1. The van der Waals surface area contributed by atoms with Crippen LogP contribution in [0.3, 0.4) is 0 Å². The van der Waals surface area contributed by atoms with Gasteiger partial charge in [-0.25, -0.2) is 0 Å². The molecule has 7 heteroatoms. The highest BCUT2D eigenvalue weighted by atomic mass is 16.6. The van der Waals surface area contributed by atoms with E-state index in [9.17, 15) is 14.9 Å². The third-order valence-electron chi connectivity index (χ3n) is 4.74. The number of hydrogen-bond donors (Lipinski definition) is 2. The van der Waals surface area contributed by atoms with Crippen molar-refractivity contribution in [3.8, 4) is 5.75 Å². The highest BCUT2D eigenvalue weighted by Gasteiger charge is 2.23. The first-order valence-corrected chi connectivity index (χ1v) is 9.49. The number of nitro groups is 1. The molecule has 3 rings (SSSR count). The summed E-state index contributed by atoms with van der Waals surface area (Å²) in [5.41, 5.74) is 1.92. The zero-order valence-electron chi connectivity index (χ0n) is 16.7. The Kier molecular flexibility index (Phi) is 6.77. The Morgan fingerprint density at radius 1 is 0.967 bits per heavy atom. The lowest BCUT2D eigenvalue weighted by atomic mass is 9.98. The standard InChI is InChI=1S/C23H23N3O4/c1-16(23(27)25-20-14-13-19(30-2)15-21(20)26(28)29)24-22(17-9-5-3-6-10-17)18-11-7-4-8-12-18/h3-16,22,24H,1-2H3,(H,25,27)/t16-/m1/s1. The van der Waals surface area contributed by atoms with Crippen LogP contribution in [0.25, 0.3) is 0 Å². The lowest BCUT2D eigenvalue weighted by molar-refractivity contribution is -0.384. The minimum atomic E-state index is -0.614. The first kappa shape index (κ1) is 21.0. The van der Waals surface area contributed by atoms with Crippen molar-refractivity contribution >= 4 is 17.3 Å². The van der Waals surface area contributed by atoms with Gasteiger partial charge in [-0.1, -0.05) is 60.7 Å². The Labute approximate surface area is 174 Å². The van der Waals surface area contributed by atoms with E-state index in [4.69, 9.17) is 4.74 Å². The van der Waals surface area contributed by atoms with Gasteiger partial charge < -0.3 is 10.1 Å². The van der Waals surface area contributed by atoms with Gasteiger partial charge in [0.2, 0.25) is 5.91 Å². The summed E-state index contributed by atoms with van der Waals surface area (Å²) in [6.07, 6.45) is 0. The van der Waals surface area contributed by atoms with Crippen LogP contribution in [0, 0.1) is 10.1 Å². The number of hydrogen-bond acceptors (Lipinski definition) is 5. The Bertz CT molecular complexity index is 970. The quantitative estimate of drug-likeness (QED) is 0.430. The molecule has 0 saturated carbocycles. The molecule has 0 aromatic heterocycles. The van der Waals surface area contributed by atoms with E-state index < -0.39 is 11.0 Å². The fourth-order valence-corrected chi connectivity index (χ4v) is 3.14. The van der Waals surface area contributed by atoms with E-state index in [1.807, 2.05) is 60.7 Å². The molecule has 1 atom stereocenters. The first-order valence-electron chi connectivity index (χ1n) is 9.49. The molecule has 0 saturated heterocycles. The molecule has 0 bridgehead atoms. The molecule has 0 radical (unpaired) electrons. The minimum Gasteiger partial charge on any atom is -0.496 e. The summed E-state index contributed by atoms with van der Waals surface area (Å²) >= 11 is 0. The van der Waals surface area contributed by atoms with Crippen LogP contribution < -0.4 is 15.4 Å². The number of nitrogens with zero attached hydrogens (tertiary/aromatic N) is 1. The lowest BCUT2D eigenvalue weighted by Crippen LogP contribution is -2.40. The number of nitro benzene ring substituents is 1. The van der Waals surface area contributed by atoms with Gasteiger partial charge in [0.25, 0.3) is 5.69 Å². The van der Waals surface area contributed by atoms with Crippen molar-refractivity contribution in [3.05, 3.63) is 100 Å². The Morgan fingerprint density at radius 3 is 2.03 bits per heavy atom. The van der Waals surface area contributed by atoms with Crippen molar-refractivity contribution in [1.82, 2.24) is 5.32 Å². The Balaban J connectivity index is 1.81. The molecular weight excluding hydrogens is 382 g/mol. The van der Waals surface area contributed by atoms with Gasteiger partial charge >= 0.3 is 0 Å². The van der Waals surface area contributed by atoms with Gasteiger partial charge in [0.15, 0.2) is 0 Å². The summed E-state index contributed by atoms with van der Waals surface area (Å²) in [7, 11) is 1.43. The minimum absolute atomic E-state index is 0.121. The number of ether oxygens (including phenoxy) is 1. The van der Waals surface area contributed by atoms with Crippen molar-refractivity contribution in [3.63, 3.8) is 0 Å². The number of carbonyl (C=O) groups excluding carboxylic acids is 1. The van der Waals surface area contributed by atoms with Gasteiger partial charge in [-0.05, 0) is 30.2 Å². The van der Waals surface area contributed by atoms with Crippen molar-refractivity contribution in [2.75, 3.05) is 12.4 Å². The molecule has 30 heavy (non-hydrogen) atoms. The number of methoxy groups -OCH3 is 1. The molecule has 0 fully saturated rings. The molecule has 0 heterocycles. The zero-order valence-corrected chi connectivity index (χ0v) is 16.7. The highest BCUT2D eigenvalue weighted by molar-refractivity contribution is 5.96. The van der Waals surface area contributed by atoms with Crippen molar-refractivity contribution in [2.45, 2.75) is 19.0 Å². The van der Waals surface area contributed by atoms with Gasteiger partial charge in [-0.3, -0.25) is 20.2 Å². The molecule has 2 N–H and O–H groups in total. The number of carbonyl (C=O) groups is 1. The number of nitrogens with one attached hydrogen (secondary N) is 2. The molecule has 0 spiro atoms. The van der Waals surface area contributed by atoms with E-state index in [2.05, 4.69) is 10.6 Å². The normalized spacial score (nSPS) is 11.7. The predicted molar refractivity (Wildman–Crippen MR) is 116 cm³/mol. The van der Waals surface area contributed by atoms with Gasteiger partial charge in [0.1, 0.15) is 11.4 Å². The molecular formula is C23H23N3O4. The van der Waals surface area contributed by atoms with E-state index in [0.29, 0.717) is 5.75 Å². The van der Waals surface area contributed by atoms with Gasteiger partial charge in [-0.15, -0.1) is 0 Å². The Morgan fingerprint density at radius 2 is 1.53 bits per heavy atom. The average Bonchev–Trinajstić information content (AvgIpc) is 2.78. The SMILES string of the molecule is COc1ccc(NC(=O)[C@@H](C)NC(c2ccccc2)c2ccccc2)c([N+](=O)[O-])c1. The summed E-state index contributed by atoms with van der Waals surface area (Å²) in [6, 6.07) is 23.1. The van der Waals surface area contributed by atoms with Crippen molar-refractivity contribution < 1.29 is 14.5 Å². The van der Waals surface area contributed by atoms with Gasteiger partial charge in [-0.2, -0.15) is 0 Å². The molecule has 1 amide bonds. The monoisotopic (exact) mass is 405 g/mol. The largest absolute Gasteiger partial charge is 0.496 e. The maximum atomic E-state index is 12.8. The van der Waals surface area contributed by atoms with Crippen LogP contribution >= 0.6 is 0 Å². The van der Waals surface area contributed by atoms with E-state index in [0.717, 1.165) is 11.1 Å². The van der Waals surface area contributed by atoms with Crippen LogP contribution in [0.4, 0.5) is 11.4 Å². The van der Waals surface area contributed by atoms with E-state index in [1.165, 1.54) is 19.2 Å². The molecule has 0 aliphatic heterocycles. The predicted octanol–water partition coefficient (Wildman–Crippen LogP) is 4.31. The van der Waals surface area contributed by atoms with E-state index >= 15 is 0 Å². The summed E-state index contributed by atoms with van der Waals surface area (Å²) in [6.45, 7) is 1.73. The summed E-state index contributed by atoms with van der Waals surface area (Å²) in [5.74, 6) is -0.0285. The average molecular weight is 405 g/mol. The molecule has 3 aromatic rings. The molecule has 0 aliphatic rings. The van der Waals surface area contributed by atoms with Crippen LogP contribution in [0.2, 0.25) is 0 Å². The number of rotatable bonds is 8. The second kappa shape index (κ2) is 9.67.